The maximum Gasteiger partial charge on any atom is 0.357 e. The van der Waals surface area contributed by atoms with Crippen molar-refractivity contribution in [1.82, 2.24) is 10.3 Å². The number of anilines is 1. The van der Waals surface area contributed by atoms with Crippen LogP contribution in [0.1, 0.15) is 50.0 Å². The molecule has 1 atom stereocenters. The molecule has 3 N–H and O–H groups in total. The first kappa shape index (κ1) is 23.8. The van der Waals surface area contributed by atoms with Gasteiger partial charge in [-0.05, 0) is 44.4 Å². The van der Waals surface area contributed by atoms with E-state index >= 15 is 0 Å². The van der Waals surface area contributed by atoms with Crippen LogP contribution in [0.4, 0.5) is 5.69 Å². The van der Waals surface area contributed by atoms with Crippen molar-refractivity contribution in [2.45, 2.75) is 46.6 Å². The Labute approximate surface area is 170 Å². The molecule has 9 heteroatoms. The van der Waals surface area contributed by atoms with Crippen LogP contribution in [0, 0.1) is 0 Å². The van der Waals surface area contributed by atoms with Gasteiger partial charge in [0, 0.05) is 12.3 Å². The molecular weight excluding hydrogens is 398 g/mol. The van der Waals surface area contributed by atoms with E-state index < -0.39 is 10.3 Å². The van der Waals surface area contributed by atoms with E-state index in [0.29, 0.717) is 6.42 Å². The molecular formula is C19H27N3O4S2. The van der Waals surface area contributed by atoms with E-state index in [2.05, 4.69) is 10.3 Å². The Hall–Kier alpha value is -2.23. The third kappa shape index (κ3) is 9.12. The molecule has 0 aliphatic carbocycles. The highest BCUT2D eigenvalue weighted by atomic mass is 32.2. The number of carbonyl (C=O) groups excluding carboxylic acids is 1. The largest absolute Gasteiger partial charge is 0.357 e. The van der Waals surface area contributed by atoms with Gasteiger partial charge in [-0.3, -0.25) is 14.1 Å². The normalized spacial score (nSPS) is 12.2. The lowest BCUT2D eigenvalue weighted by Crippen LogP contribution is -2.27. The molecule has 0 saturated heterocycles. The Morgan fingerprint density at radius 1 is 1.25 bits per heavy atom. The number of rotatable bonds is 7. The van der Waals surface area contributed by atoms with Gasteiger partial charge < -0.3 is 5.32 Å². The standard InChI is InChI=1S/C15H19N3O4S2.C4H8/c1-3-12-9-23-15(17-12)14(16-10(2)19)8-11-4-6-13(7-5-11)18-24(20,21)22;1-3-4-2/h4-7,9,14,18H,3,8H2,1-2H3,(H,16,19)(H,20,21,22);3-4H,1-2H3/b;4-3-/t14-;/m0./s1. The lowest BCUT2D eigenvalue weighted by atomic mass is 10.1. The average molecular weight is 426 g/mol. The minimum Gasteiger partial charge on any atom is -0.347 e. The highest BCUT2D eigenvalue weighted by Crippen LogP contribution is 2.23. The van der Waals surface area contributed by atoms with Gasteiger partial charge in [0.05, 0.1) is 17.4 Å². The first-order valence-corrected chi connectivity index (χ1v) is 11.1. The van der Waals surface area contributed by atoms with Gasteiger partial charge in [0.1, 0.15) is 5.01 Å². The summed E-state index contributed by atoms with van der Waals surface area (Å²) in [5, 5.41) is 5.70. The van der Waals surface area contributed by atoms with Crippen LogP contribution in [0.25, 0.3) is 0 Å². The first-order chi connectivity index (χ1) is 13.2. The summed E-state index contributed by atoms with van der Waals surface area (Å²) in [6.07, 6.45) is 5.36. The smallest absolute Gasteiger partial charge is 0.347 e. The zero-order valence-electron chi connectivity index (χ0n) is 16.5. The maximum absolute atomic E-state index is 11.5. The quantitative estimate of drug-likeness (QED) is 0.460. The van der Waals surface area contributed by atoms with Gasteiger partial charge in [0.15, 0.2) is 0 Å². The highest BCUT2D eigenvalue weighted by molar-refractivity contribution is 7.87. The third-order valence-electron chi connectivity index (χ3n) is 3.58. The summed E-state index contributed by atoms with van der Waals surface area (Å²) in [5.74, 6) is -0.141. The summed E-state index contributed by atoms with van der Waals surface area (Å²) in [4.78, 5) is 16.0. The molecule has 0 spiro atoms. The predicted molar refractivity (Wildman–Crippen MR) is 114 cm³/mol. The van der Waals surface area contributed by atoms with E-state index in [0.717, 1.165) is 22.7 Å². The third-order valence-corrected chi connectivity index (χ3v) is 5.08. The molecule has 7 nitrogen and oxygen atoms in total. The van der Waals surface area contributed by atoms with Crippen LogP contribution in [-0.2, 0) is 27.9 Å². The second kappa shape index (κ2) is 11.6. The summed E-state index contributed by atoms with van der Waals surface area (Å²) in [6, 6.07) is 6.32. The number of aromatic nitrogens is 1. The van der Waals surface area contributed by atoms with Gasteiger partial charge in [0.25, 0.3) is 0 Å². The number of thiazole rings is 1. The molecule has 0 aliphatic rings. The fraction of sp³-hybridized carbons (Fsp3) is 0.368. The molecule has 0 bridgehead atoms. The zero-order chi connectivity index (χ0) is 21.2. The van der Waals surface area contributed by atoms with Crippen LogP contribution < -0.4 is 10.0 Å². The number of aryl methyl sites for hydroxylation is 1. The number of benzene rings is 1. The van der Waals surface area contributed by atoms with Gasteiger partial charge in [-0.25, -0.2) is 4.98 Å². The molecule has 1 amide bonds. The van der Waals surface area contributed by atoms with Crippen molar-refractivity contribution in [2.75, 3.05) is 4.72 Å². The zero-order valence-corrected chi connectivity index (χ0v) is 18.1. The molecule has 0 fully saturated rings. The Morgan fingerprint density at radius 3 is 2.29 bits per heavy atom. The topological polar surface area (TPSA) is 108 Å². The minimum absolute atomic E-state index is 0.141. The van der Waals surface area contributed by atoms with E-state index in [1.807, 2.05) is 43.0 Å². The summed E-state index contributed by atoms with van der Waals surface area (Å²) in [5.41, 5.74) is 2.15. The lowest BCUT2D eigenvalue weighted by molar-refractivity contribution is -0.119. The number of hydrogen-bond acceptors (Lipinski definition) is 5. The van der Waals surface area contributed by atoms with Crippen LogP contribution in [0.5, 0.6) is 0 Å². The first-order valence-electron chi connectivity index (χ1n) is 8.81. The summed E-state index contributed by atoms with van der Waals surface area (Å²) in [7, 11) is -4.29. The number of carbonyl (C=O) groups is 1. The second-order valence-corrected chi connectivity index (χ2v) is 7.97. The van der Waals surface area contributed by atoms with Crippen molar-refractivity contribution in [1.29, 1.82) is 0 Å². The van der Waals surface area contributed by atoms with Gasteiger partial charge in [-0.2, -0.15) is 8.42 Å². The second-order valence-electron chi connectivity index (χ2n) is 5.93. The molecule has 28 heavy (non-hydrogen) atoms. The molecule has 2 rings (SSSR count). The molecule has 154 valence electrons. The molecule has 0 aliphatic heterocycles. The number of allylic oxidation sites excluding steroid dienone is 2. The van der Waals surface area contributed by atoms with Crippen LogP contribution in [-0.4, -0.2) is 23.9 Å². The molecule has 1 aromatic carbocycles. The average Bonchev–Trinajstić information content (AvgIpc) is 3.10. The van der Waals surface area contributed by atoms with Crippen LogP contribution in [0.3, 0.4) is 0 Å². The molecule has 1 heterocycles. The van der Waals surface area contributed by atoms with E-state index in [4.69, 9.17) is 4.55 Å². The monoisotopic (exact) mass is 425 g/mol. The Morgan fingerprint density at radius 2 is 1.86 bits per heavy atom. The van der Waals surface area contributed by atoms with Crippen LogP contribution in [0.2, 0.25) is 0 Å². The number of hydrogen-bond donors (Lipinski definition) is 3. The Balaban J connectivity index is 0.000000892. The van der Waals surface area contributed by atoms with E-state index in [-0.39, 0.29) is 17.6 Å². The summed E-state index contributed by atoms with van der Waals surface area (Å²) >= 11 is 1.50. The van der Waals surface area contributed by atoms with Crippen molar-refractivity contribution in [3.8, 4) is 0 Å². The molecule has 0 radical (unpaired) electrons. The fourth-order valence-corrected chi connectivity index (χ4v) is 3.57. The van der Waals surface area contributed by atoms with Crippen molar-refractivity contribution < 1.29 is 17.8 Å². The summed E-state index contributed by atoms with van der Waals surface area (Å²) < 4.78 is 32.3. The SMILES string of the molecule is C/C=C\C.CCc1csc([C@H](Cc2ccc(NS(=O)(=O)O)cc2)NC(C)=O)n1. The van der Waals surface area contributed by atoms with Gasteiger partial charge >= 0.3 is 10.3 Å². The van der Waals surface area contributed by atoms with Crippen molar-refractivity contribution >= 4 is 33.2 Å². The van der Waals surface area contributed by atoms with E-state index in [1.54, 1.807) is 24.3 Å². The Bertz CT molecular complexity index is 871. The predicted octanol–water partition coefficient (Wildman–Crippen LogP) is 3.92. The molecule has 0 saturated carbocycles. The molecule has 2 aromatic rings. The number of nitrogens with one attached hydrogen (secondary N) is 2. The number of nitrogens with zero attached hydrogens (tertiary/aromatic N) is 1. The van der Waals surface area contributed by atoms with Crippen LogP contribution >= 0.6 is 11.3 Å². The molecule has 1 aromatic heterocycles. The van der Waals surface area contributed by atoms with Crippen molar-refractivity contribution in [3.05, 3.63) is 58.1 Å². The van der Waals surface area contributed by atoms with Gasteiger partial charge in [-0.15, -0.1) is 11.3 Å². The Kier molecular flexibility index (Phi) is 9.84. The van der Waals surface area contributed by atoms with Crippen LogP contribution in [0.15, 0.2) is 41.8 Å². The fourth-order valence-electron chi connectivity index (χ4n) is 2.18. The number of amides is 1. The van der Waals surface area contributed by atoms with Crippen molar-refractivity contribution in [2.24, 2.45) is 0 Å². The van der Waals surface area contributed by atoms with Crippen molar-refractivity contribution in [3.63, 3.8) is 0 Å². The highest BCUT2D eigenvalue weighted by Gasteiger charge is 2.17. The van der Waals surface area contributed by atoms with E-state index in [9.17, 15) is 13.2 Å². The van der Waals surface area contributed by atoms with E-state index in [1.165, 1.54) is 18.3 Å². The lowest BCUT2D eigenvalue weighted by Gasteiger charge is -2.16. The minimum atomic E-state index is -4.29. The maximum atomic E-state index is 11.5. The summed E-state index contributed by atoms with van der Waals surface area (Å²) in [6.45, 7) is 7.48. The van der Waals surface area contributed by atoms with Gasteiger partial charge in [0.2, 0.25) is 5.91 Å². The van der Waals surface area contributed by atoms with Gasteiger partial charge in [-0.1, -0.05) is 31.2 Å². The molecule has 0 unspecified atom stereocenters.